The van der Waals surface area contributed by atoms with Crippen LogP contribution in [0.5, 0.6) is 5.75 Å². The molecule has 5 heteroatoms. The molecule has 20 heavy (non-hydrogen) atoms. The van der Waals surface area contributed by atoms with E-state index in [1.807, 2.05) is 6.92 Å². The first kappa shape index (κ1) is 15.2. The first-order chi connectivity index (χ1) is 9.49. The topological polar surface area (TPSA) is 21.3 Å². The zero-order valence-electron chi connectivity index (χ0n) is 11.5. The van der Waals surface area contributed by atoms with Gasteiger partial charge in [0.1, 0.15) is 5.75 Å². The maximum Gasteiger partial charge on any atom is 0.573 e. The summed E-state index contributed by atoms with van der Waals surface area (Å²) in [6.07, 6.45) is -0.214. The van der Waals surface area contributed by atoms with Gasteiger partial charge in [0.25, 0.3) is 0 Å². The minimum Gasteiger partial charge on any atom is -0.405 e. The minimum atomic E-state index is -4.65. The second-order valence-corrected chi connectivity index (χ2v) is 5.23. The molecule has 0 bridgehead atoms. The molecule has 0 radical (unpaired) electrons. The van der Waals surface area contributed by atoms with Gasteiger partial charge in [0.05, 0.1) is 0 Å². The molecule has 112 valence electrons. The summed E-state index contributed by atoms with van der Waals surface area (Å²) in [6.45, 7) is 2.68. The Morgan fingerprint density at radius 3 is 2.55 bits per heavy atom. The van der Waals surface area contributed by atoms with E-state index in [0.29, 0.717) is 11.5 Å². The molecule has 0 heterocycles. The smallest absolute Gasteiger partial charge is 0.405 e. The van der Waals surface area contributed by atoms with Crippen molar-refractivity contribution in [1.82, 2.24) is 5.32 Å². The summed E-state index contributed by atoms with van der Waals surface area (Å²) < 4.78 is 41.6. The van der Waals surface area contributed by atoms with Crippen molar-refractivity contribution in [2.24, 2.45) is 5.92 Å². The lowest BCUT2D eigenvalue weighted by Gasteiger charge is -2.31. The van der Waals surface area contributed by atoms with Crippen LogP contribution in [0, 0.1) is 5.92 Å². The van der Waals surface area contributed by atoms with Crippen molar-refractivity contribution in [3.05, 3.63) is 29.8 Å². The molecule has 0 saturated heterocycles. The standard InChI is InChI=1S/C15H20F3NO/c1-2-19-13(10-11-6-5-7-11)12-8-3-4-9-14(12)20-15(16,17)18/h3-4,8-9,11,13,19H,2,5-7,10H2,1H3. The maximum atomic E-state index is 12.5. The van der Waals surface area contributed by atoms with Gasteiger partial charge in [0, 0.05) is 11.6 Å². The Hall–Kier alpha value is -1.23. The number of rotatable bonds is 6. The Bertz CT molecular complexity index is 429. The van der Waals surface area contributed by atoms with E-state index in [1.165, 1.54) is 25.3 Å². The molecule has 1 aromatic carbocycles. The zero-order valence-corrected chi connectivity index (χ0v) is 11.5. The Morgan fingerprint density at radius 1 is 1.30 bits per heavy atom. The largest absolute Gasteiger partial charge is 0.573 e. The number of hydrogen-bond donors (Lipinski definition) is 1. The molecule has 1 aromatic rings. The van der Waals surface area contributed by atoms with Gasteiger partial charge in [0.15, 0.2) is 0 Å². The number of nitrogens with one attached hydrogen (secondary N) is 1. The lowest BCUT2D eigenvalue weighted by Crippen LogP contribution is -2.27. The Morgan fingerprint density at radius 2 is 2.00 bits per heavy atom. The monoisotopic (exact) mass is 287 g/mol. The number of halogens is 3. The van der Waals surface area contributed by atoms with E-state index in [4.69, 9.17) is 0 Å². The first-order valence-electron chi connectivity index (χ1n) is 7.07. The lowest BCUT2D eigenvalue weighted by molar-refractivity contribution is -0.275. The summed E-state index contributed by atoms with van der Waals surface area (Å²) in [6, 6.07) is 6.34. The predicted octanol–water partition coefficient (Wildman–Crippen LogP) is 4.43. The van der Waals surface area contributed by atoms with Crippen LogP contribution in [-0.2, 0) is 0 Å². The number of benzene rings is 1. The molecule has 2 rings (SSSR count). The van der Waals surface area contributed by atoms with Gasteiger partial charge in [-0.05, 0) is 24.9 Å². The van der Waals surface area contributed by atoms with E-state index >= 15 is 0 Å². The fourth-order valence-electron chi connectivity index (χ4n) is 2.61. The van der Waals surface area contributed by atoms with Crippen molar-refractivity contribution in [2.75, 3.05) is 6.54 Å². The molecular formula is C15H20F3NO. The van der Waals surface area contributed by atoms with Crippen molar-refractivity contribution in [3.8, 4) is 5.75 Å². The van der Waals surface area contributed by atoms with Crippen LogP contribution >= 0.6 is 0 Å². The van der Waals surface area contributed by atoms with Crippen molar-refractivity contribution >= 4 is 0 Å². The summed E-state index contributed by atoms with van der Waals surface area (Å²) in [7, 11) is 0. The van der Waals surface area contributed by atoms with Crippen LogP contribution in [0.1, 0.15) is 44.2 Å². The number of alkyl halides is 3. The van der Waals surface area contributed by atoms with Gasteiger partial charge in [-0.1, -0.05) is 44.4 Å². The molecule has 0 aromatic heterocycles. The van der Waals surface area contributed by atoms with Gasteiger partial charge in [-0.15, -0.1) is 13.2 Å². The highest BCUT2D eigenvalue weighted by Gasteiger charge is 2.33. The predicted molar refractivity (Wildman–Crippen MR) is 71.5 cm³/mol. The third kappa shape index (κ3) is 4.13. The van der Waals surface area contributed by atoms with Gasteiger partial charge >= 0.3 is 6.36 Å². The zero-order chi connectivity index (χ0) is 14.6. The summed E-state index contributed by atoms with van der Waals surface area (Å²) in [5.41, 5.74) is 0.596. The molecule has 1 saturated carbocycles. The van der Waals surface area contributed by atoms with Gasteiger partial charge in [-0.25, -0.2) is 0 Å². The molecule has 0 amide bonds. The van der Waals surface area contributed by atoms with E-state index in [1.54, 1.807) is 18.2 Å². The number of ether oxygens (including phenoxy) is 1. The van der Waals surface area contributed by atoms with Gasteiger partial charge in [0.2, 0.25) is 0 Å². The molecule has 1 aliphatic rings. The molecule has 1 atom stereocenters. The van der Waals surface area contributed by atoms with Gasteiger partial charge in [-0.3, -0.25) is 0 Å². The van der Waals surface area contributed by atoms with E-state index in [-0.39, 0.29) is 11.8 Å². The molecule has 1 N–H and O–H groups in total. The summed E-state index contributed by atoms with van der Waals surface area (Å²) in [4.78, 5) is 0. The summed E-state index contributed by atoms with van der Waals surface area (Å²) in [5, 5.41) is 3.28. The Balaban J connectivity index is 2.17. The first-order valence-corrected chi connectivity index (χ1v) is 7.07. The maximum absolute atomic E-state index is 12.5. The molecule has 0 spiro atoms. The van der Waals surface area contributed by atoms with Crippen LogP contribution in [0.2, 0.25) is 0 Å². The highest BCUT2D eigenvalue weighted by Crippen LogP contribution is 2.38. The van der Waals surface area contributed by atoms with Gasteiger partial charge in [-0.2, -0.15) is 0 Å². The molecule has 0 aliphatic heterocycles. The van der Waals surface area contributed by atoms with Crippen molar-refractivity contribution < 1.29 is 17.9 Å². The van der Waals surface area contributed by atoms with Crippen LogP contribution < -0.4 is 10.1 Å². The fourth-order valence-corrected chi connectivity index (χ4v) is 2.61. The van der Waals surface area contributed by atoms with Crippen LogP contribution in [0.4, 0.5) is 13.2 Å². The number of hydrogen-bond acceptors (Lipinski definition) is 2. The normalized spacial score (nSPS) is 17.6. The summed E-state index contributed by atoms with van der Waals surface area (Å²) in [5.74, 6) is 0.517. The fraction of sp³-hybridized carbons (Fsp3) is 0.600. The highest BCUT2D eigenvalue weighted by atomic mass is 19.4. The van der Waals surface area contributed by atoms with Crippen molar-refractivity contribution in [1.29, 1.82) is 0 Å². The third-order valence-corrected chi connectivity index (χ3v) is 3.76. The average Bonchev–Trinajstić information content (AvgIpc) is 2.31. The van der Waals surface area contributed by atoms with Crippen LogP contribution in [0.25, 0.3) is 0 Å². The SMILES string of the molecule is CCNC(CC1CCC1)c1ccccc1OC(F)(F)F. The molecule has 1 aliphatic carbocycles. The second-order valence-electron chi connectivity index (χ2n) is 5.23. The average molecular weight is 287 g/mol. The van der Waals surface area contributed by atoms with E-state index in [0.717, 1.165) is 13.0 Å². The van der Waals surface area contributed by atoms with Crippen LogP contribution in [0.3, 0.4) is 0 Å². The third-order valence-electron chi connectivity index (χ3n) is 3.76. The van der Waals surface area contributed by atoms with Crippen molar-refractivity contribution in [2.45, 2.75) is 45.0 Å². The molecule has 2 nitrogen and oxygen atoms in total. The van der Waals surface area contributed by atoms with Gasteiger partial charge < -0.3 is 10.1 Å². The second kappa shape index (κ2) is 6.48. The minimum absolute atomic E-state index is 0.0798. The highest BCUT2D eigenvalue weighted by molar-refractivity contribution is 5.36. The Kier molecular flexibility index (Phi) is 4.91. The quantitative estimate of drug-likeness (QED) is 0.836. The number of para-hydroxylation sites is 1. The van der Waals surface area contributed by atoms with E-state index < -0.39 is 6.36 Å². The lowest BCUT2D eigenvalue weighted by atomic mass is 9.79. The van der Waals surface area contributed by atoms with E-state index in [9.17, 15) is 13.2 Å². The molecule has 1 fully saturated rings. The Labute approximate surface area is 117 Å². The van der Waals surface area contributed by atoms with Crippen LogP contribution in [0.15, 0.2) is 24.3 Å². The van der Waals surface area contributed by atoms with Crippen molar-refractivity contribution in [3.63, 3.8) is 0 Å². The summed E-state index contributed by atoms with van der Waals surface area (Å²) >= 11 is 0. The molecular weight excluding hydrogens is 267 g/mol. The van der Waals surface area contributed by atoms with E-state index in [2.05, 4.69) is 10.1 Å². The van der Waals surface area contributed by atoms with Crippen LogP contribution in [-0.4, -0.2) is 12.9 Å². The molecule has 1 unspecified atom stereocenters.